The van der Waals surface area contributed by atoms with Gasteiger partial charge >= 0.3 is 0 Å². The van der Waals surface area contributed by atoms with Crippen LogP contribution < -0.4 is 11.1 Å². The van der Waals surface area contributed by atoms with E-state index in [1.807, 2.05) is 6.07 Å². The van der Waals surface area contributed by atoms with Gasteiger partial charge in [-0.1, -0.05) is 44.2 Å². The van der Waals surface area contributed by atoms with Gasteiger partial charge in [0.15, 0.2) is 5.96 Å². The van der Waals surface area contributed by atoms with Crippen LogP contribution in [0.15, 0.2) is 52.2 Å². The summed E-state index contributed by atoms with van der Waals surface area (Å²) in [6.45, 7) is 7.88. The molecule has 1 atom stereocenters. The molecule has 5 heteroatoms. The molecule has 1 aromatic heterocycles. The molecule has 1 aromatic carbocycles. The molecule has 0 saturated heterocycles. The molecule has 130 valence electrons. The number of nitrogens with two attached hydrogens (primary N) is 1. The number of aliphatic imine (C=N–C) groups is 1. The van der Waals surface area contributed by atoms with Crippen molar-refractivity contribution < 1.29 is 0 Å². The van der Waals surface area contributed by atoms with Crippen molar-refractivity contribution in [2.45, 2.75) is 26.3 Å². The van der Waals surface area contributed by atoms with Crippen LogP contribution in [0.4, 0.5) is 0 Å². The van der Waals surface area contributed by atoms with Gasteiger partial charge < -0.3 is 11.1 Å². The van der Waals surface area contributed by atoms with Gasteiger partial charge in [0, 0.05) is 6.54 Å². The number of thiophene rings is 1. The SMILES string of the molecule is CCN(CC)C(CN=C(N)NCCc1ccccc1)c1ccsc1. The summed E-state index contributed by atoms with van der Waals surface area (Å²) in [7, 11) is 0. The van der Waals surface area contributed by atoms with Crippen molar-refractivity contribution in [3.05, 3.63) is 58.3 Å². The predicted octanol–water partition coefficient (Wildman–Crippen LogP) is 3.28. The Hall–Kier alpha value is -1.85. The molecular formula is C19H28N4S. The minimum atomic E-state index is 0.292. The van der Waals surface area contributed by atoms with Crippen LogP contribution in [0.3, 0.4) is 0 Å². The molecule has 0 fully saturated rings. The first-order valence-electron chi connectivity index (χ1n) is 8.58. The van der Waals surface area contributed by atoms with Crippen LogP contribution >= 0.6 is 11.3 Å². The van der Waals surface area contributed by atoms with E-state index in [2.05, 4.69) is 70.1 Å². The second-order valence-electron chi connectivity index (χ2n) is 5.68. The van der Waals surface area contributed by atoms with Crippen molar-refractivity contribution in [2.75, 3.05) is 26.2 Å². The van der Waals surface area contributed by atoms with Crippen LogP contribution in [0.1, 0.15) is 31.0 Å². The Morgan fingerprint density at radius 2 is 1.96 bits per heavy atom. The highest BCUT2D eigenvalue weighted by atomic mass is 32.1. The van der Waals surface area contributed by atoms with E-state index < -0.39 is 0 Å². The first-order chi connectivity index (χ1) is 11.7. The average Bonchev–Trinajstić information content (AvgIpc) is 3.14. The Morgan fingerprint density at radius 3 is 2.58 bits per heavy atom. The van der Waals surface area contributed by atoms with Crippen LogP contribution in [-0.2, 0) is 6.42 Å². The predicted molar refractivity (Wildman–Crippen MR) is 105 cm³/mol. The van der Waals surface area contributed by atoms with E-state index in [9.17, 15) is 0 Å². The molecule has 4 nitrogen and oxygen atoms in total. The molecule has 0 saturated carbocycles. The second kappa shape index (κ2) is 10.1. The smallest absolute Gasteiger partial charge is 0.188 e. The summed E-state index contributed by atoms with van der Waals surface area (Å²) >= 11 is 1.73. The number of nitrogens with one attached hydrogen (secondary N) is 1. The Bertz CT molecular complexity index is 591. The fraction of sp³-hybridized carbons (Fsp3) is 0.421. The summed E-state index contributed by atoms with van der Waals surface area (Å²) in [4.78, 5) is 6.99. The number of nitrogens with zero attached hydrogens (tertiary/aromatic N) is 2. The average molecular weight is 345 g/mol. The zero-order valence-electron chi connectivity index (χ0n) is 14.6. The van der Waals surface area contributed by atoms with Crippen molar-refractivity contribution in [3.63, 3.8) is 0 Å². The lowest BCUT2D eigenvalue weighted by Gasteiger charge is -2.28. The Labute approximate surface area is 149 Å². The lowest BCUT2D eigenvalue weighted by atomic mass is 10.1. The van der Waals surface area contributed by atoms with Crippen LogP contribution in [-0.4, -0.2) is 37.0 Å². The molecule has 0 aliphatic heterocycles. The summed E-state index contributed by atoms with van der Waals surface area (Å²) in [5.74, 6) is 0.526. The second-order valence-corrected chi connectivity index (χ2v) is 6.46. The van der Waals surface area contributed by atoms with Crippen LogP contribution in [0.5, 0.6) is 0 Å². The van der Waals surface area contributed by atoms with Gasteiger partial charge in [0.2, 0.25) is 0 Å². The molecule has 0 spiro atoms. The molecule has 1 unspecified atom stereocenters. The van der Waals surface area contributed by atoms with Gasteiger partial charge in [0.25, 0.3) is 0 Å². The lowest BCUT2D eigenvalue weighted by molar-refractivity contribution is 0.225. The van der Waals surface area contributed by atoms with Gasteiger partial charge in [-0.2, -0.15) is 11.3 Å². The van der Waals surface area contributed by atoms with Crippen molar-refractivity contribution in [2.24, 2.45) is 10.7 Å². The zero-order chi connectivity index (χ0) is 17.2. The molecule has 2 aromatic rings. The first-order valence-corrected chi connectivity index (χ1v) is 9.52. The number of likely N-dealkylation sites (N-methyl/N-ethyl adjacent to an activating group) is 1. The Kier molecular flexibility index (Phi) is 7.79. The molecule has 2 rings (SSSR count). The Balaban J connectivity index is 1.88. The molecule has 0 aliphatic rings. The number of guanidine groups is 1. The topological polar surface area (TPSA) is 53.6 Å². The van der Waals surface area contributed by atoms with Crippen LogP contribution in [0, 0.1) is 0 Å². The molecule has 0 amide bonds. The number of hydrogen-bond donors (Lipinski definition) is 2. The summed E-state index contributed by atoms with van der Waals surface area (Å²) < 4.78 is 0. The van der Waals surface area contributed by atoms with E-state index in [0.29, 0.717) is 18.5 Å². The van der Waals surface area contributed by atoms with E-state index in [4.69, 9.17) is 5.73 Å². The van der Waals surface area contributed by atoms with Crippen LogP contribution in [0.2, 0.25) is 0 Å². The van der Waals surface area contributed by atoms with Crippen molar-refractivity contribution in [1.82, 2.24) is 10.2 Å². The molecule has 0 radical (unpaired) electrons. The fourth-order valence-electron chi connectivity index (χ4n) is 2.78. The first kappa shape index (κ1) is 18.5. The third-order valence-corrected chi connectivity index (χ3v) is 4.88. The normalized spacial score (nSPS) is 13.2. The van der Waals surface area contributed by atoms with E-state index in [1.165, 1.54) is 11.1 Å². The molecule has 3 N–H and O–H groups in total. The third kappa shape index (κ3) is 5.65. The Morgan fingerprint density at radius 1 is 1.21 bits per heavy atom. The van der Waals surface area contributed by atoms with E-state index in [1.54, 1.807) is 11.3 Å². The van der Waals surface area contributed by atoms with Gasteiger partial charge in [-0.25, -0.2) is 0 Å². The monoisotopic (exact) mass is 344 g/mol. The molecule has 0 bridgehead atoms. The standard InChI is InChI=1S/C19H28N4S/c1-3-23(4-2)18(17-11-13-24-15-17)14-22-19(20)21-12-10-16-8-6-5-7-9-16/h5-9,11,13,15,18H,3-4,10,12,14H2,1-2H3,(H3,20,21,22). The number of hydrogen-bond acceptors (Lipinski definition) is 3. The van der Waals surface area contributed by atoms with Gasteiger partial charge in [0.05, 0.1) is 12.6 Å². The maximum absolute atomic E-state index is 6.05. The quantitative estimate of drug-likeness (QED) is 0.542. The van der Waals surface area contributed by atoms with E-state index >= 15 is 0 Å². The number of rotatable bonds is 9. The minimum Gasteiger partial charge on any atom is -0.370 e. The minimum absolute atomic E-state index is 0.292. The third-order valence-electron chi connectivity index (χ3n) is 4.18. The molecular weight excluding hydrogens is 316 g/mol. The van der Waals surface area contributed by atoms with Crippen molar-refractivity contribution >= 4 is 17.3 Å². The summed E-state index contributed by atoms with van der Waals surface area (Å²) in [5.41, 5.74) is 8.67. The van der Waals surface area contributed by atoms with Crippen molar-refractivity contribution in [3.8, 4) is 0 Å². The summed E-state index contributed by atoms with van der Waals surface area (Å²) in [6, 6.07) is 12.9. The van der Waals surface area contributed by atoms with Gasteiger partial charge in [-0.05, 0) is 47.5 Å². The number of benzene rings is 1. The molecule has 0 aliphatic carbocycles. The maximum atomic E-state index is 6.05. The fourth-order valence-corrected chi connectivity index (χ4v) is 3.49. The lowest BCUT2D eigenvalue weighted by Crippen LogP contribution is -2.35. The summed E-state index contributed by atoms with van der Waals surface area (Å²) in [5, 5.41) is 7.55. The van der Waals surface area contributed by atoms with Crippen LogP contribution in [0.25, 0.3) is 0 Å². The maximum Gasteiger partial charge on any atom is 0.188 e. The van der Waals surface area contributed by atoms with Gasteiger partial charge in [0.1, 0.15) is 0 Å². The van der Waals surface area contributed by atoms with Crippen molar-refractivity contribution in [1.29, 1.82) is 0 Å². The largest absolute Gasteiger partial charge is 0.370 e. The van der Waals surface area contributed by atoms with E-state index in [-0.39, 0.29) is 0 Å². The van der Waals surface area contributed by atoms with Gasteiger partial charge in [-0.3, -0.25) is 9.89 Å². The molecule has 1 heterocycles. The summed E-state index contributed by atoms with van der Waals surface area (Å²) in [6.07, 6.45) is 0.946. The highest BCUT2D eigenvalue weighted by molar-refractivity contribution is 7.07. The molecule has 24 heavy (non-hydrogen) atoms. The highest BCUT2D eigenvalue weighted by Crippen LogP contribution is 2.23. The highest BCUT2D eigenvalue weighted by Gasteiger charge is 2.17. The zero-order valence-corrected chi connectivity index (χ0v) is 15.4. The van der Waals surface area contributed by atoms with E-state index in [0.717, 1.165) is 26.1 Å². The van der Waals surface area contributed by atoms with Gasteiger partial charge in [-0.15, -0.1) is 0 Å².